The lowest BCUT2D eigenvalue weighted by Crippen LogP contribution is -2.49. The summed E-state index contributed by atoms with van der Waals surface area (Å²) in [6.07, 6.45) is 10.2. The molecule has 1 aromatic carbocycles. The fourth-order valence-corrected chi connectivity index (χ4v) is 4.94. The second-order valence-corrected chi connectivity index (χ2v) is 8.16. The number of nitrogens with zero attached hydrogens (tertiary/aromatic N) is 1. The normalized spacial score (nSPS) is 24.6. The minimum absolute atomic E-state index is 0.0765. The number of rotatable bonds is 5. The van der Waals surface area contributed by atoms with Gasteiger partial charge < -0.3 is 15.0 Å². The Kier molecular flexibility index (Phi) is 5.65. The maximum absolute atomic E-state index is 12.7. The van der Waals surface area contributed by atoms with Crippen LogP contribution in [0.25, 0.3) is 0 Å². The van der Waals surface area contributed by atoms with Crippen molar-refractivity contribution in [2.75, 3.05) is 18.5 Å². The number of piperidine rings is 1. The van der Waals surface area contributed by atoms with Gasteiger partial charge in [0.05, 0.1) is 6.61 Å². The molecule has 3 aliphatic rings. The largest absolute Gasteiger partial charge is 0.494 e. The van der Waals surface area contributed by atoms with Crippen LogP contribution in [-0.4, -0.2) is 35.9 Å². The van der Waals surface area contributed by atoms with Crippen molar-refractivity contribution < 1.29 is 14.3 Å². The van der Waals surface area contributed by atoms with Gasteiger partial charge in [0.25, 0.3) is 0 Å². The third kappa shape index (κ3) is 4.28. The van der Waals surface area contributed by atoms with Crippen LogP contribution in [0.4, 0.5) is 5.69 Å². The number of ether oxygens (including phenoxy) is 1. The molecule has 146 valence electrons. The number of benzene rings is 1. The van der Waals surface area contributed by atoms with Crippen LogP contribution >= 0.6 is 0 Å². The molecule has 0 aromatic heterocycles. The van der Waals surface area contributed by atoms with Gasteiger partial charge in [-0.15, -0.1) is 0 Å². The molecule has 5 heteroatoms. The molecule has 0 radical (unpaired) electrons. The van der Waals surface area contributed by atoms with Crippen molar-refractivity contribution in [3.63, 3.8) is 0 Å². The third-order valence-electron chi connectivity index (χ3n) is 6.34. The first kappa shape index (κ1) is 18.3. The van der Waals surface area contributed by atoms with Gasteiger partial charge in [-0.05, 0) is 68.2 Å². The molecule has 4 rings (SSSR count). The first-order valence-corrected chi connectivity index (χ1v) is 10.6. The second-order valence-electron chi connectivity index (χ2n) is 8.16. The maximum Gasteiger partial charge on any atom is 0.224 e. The zero-order valence-corrected chi connectivity index (χ0v) is 16.0. The molecule has 2 amide bonds. The lowest BCUT2D eigenvalue weighted by Gasteiger charge is -2.44. The summed E-state index contributed by atoms with van der Waals surface area (Å²) in [6, 6.07) is 6.30. The molecule has 2 fully saturated rings. The number of likely N-dealkylation sites (tertiary alicyclic amines) is 1. The first-order valence-electron chi connectivity index (χ1n) is 10.6. The molecule has 1 N–H and O–H groups in total. The van der Waals surface area contributed by atoms with Crippen molar-refractivity contribution in [3.8, 4) is 5.75 Å². The van der Waals surface area contributed by atoms with E-state index in [9.17, 15) is 9.59 Å². The summed E-state index contributed by atoms with van der Waals surface area (Å²) in [5, 5.41) is 2.88. The van der Waals surface area contributed by atoms with E-state index >= 15 is 0 Å². The van der Waals surface area contributed by atoms with Crippen molar-refractivity contribution in [1.29, 1.82) is 0 Å². The Morgan fingerprint density at radius 3 is 2.93 bits per heavy atom. The van der Waals surface area contributed by atoms with E-state index in [2.05, 4.69) is 10.2 Å². The number of amides is 2. The molecule has 2 unspecified atom stereocenters. The quantitative estimate of drug-likeness (QED) is 0.800. The molecule has 1 aliphatic carbocycles. The van der Waals surface area contributed by atoms with Crippen molar-refractivity contribution in [3.05, 3.63) is 23.8 Å². The van der Waals surface area contributed by atoms with Gasteiger partial charge in [0, 0.05) is 31.1 Å². The highest BCUT2D eigenvalue weighted by molar-refractivity contribution is 5.94. The molecular formula is C22H30N2O3. The van der Waals surface area contributed by atoms with E-state index in [4.69, 9.17) is 4.74 Å². The molecule has 1 aromatic rings. The molecule has 0 bridgehead atoms. The van der Waals surface area contributed by atoms with Crippen molar-refractivity contribution >= 4 is 17.5 Å². The van der Waals surface area contributed by atoms with E-state index in [-0.39, 0.29) is 5.91 Å². The highest BCUT2D eigenvalue weighted by Gasteiger charge is 2.35. The Balaban J connectivity index is 1.24. The van der Waals surface area contributed by atoms with Crippen molar-refractivity contribution in [1.82, 2.24) is 4.90 Å². The topological polar surface area (TPSA) is 58.6 Å². The Morgan fingerprint density at radius 2 is 2.00 bits per heavy atom. The van der Waals surface area contributed by atoms with Gasteiger partial charge in [-0.3, -0.25) is 9.59 Å². The van der Waals surface area contributed by atoms with Crippen LogP contribution in [0.5, 0.6) is 5.75 Å². The maximum atomic E-state index is 12.7. The molecule has 1 saturated heterocycles. The van der Waals surface area contributed by atoms with Crippen LogP contribution in [0.1, 0.15) is 63.4 Å². The van der Waals surface area contributed by atoms with Crippen LogP contribution in [0.2, 0.25) is 0 Å². The van der Waals surface area contributed by atoms with Crippen molar-refractivity contribution in [2.24, 2.45) is 5.92 Å². The predicted molar refractivity (Wildman–Crippen MR) is 105 cm³/mol. The van der Waals surface area contributed by atoms with E-state index in [1.165, 1.54) is 32.1 Å². The molecular weight excluding hydrogens is 340 g/mol. The van der Waals surface area contributed by atoms with E-state index in [1.807, 2.05) is 18.2 Å². The number of carbonyl (C=O) groups is 2. The Hall–Kier alpha value is -2.04. The number of carbonyl (C=O) groups excluding carboxylic acids is 2. The SMILES string of the molecule is O=C1CCc2cc(OCCCC(=O)N3CCCC4CCCCC43)ccc2N1. The van der Waals surface area contributed by atoms with Gasteiger partial charge in [-0.1, -0.05) is 12.8 Å². The van der Waals surface area contributed by atoms with E-state index in [0.29, 0.717) is 31.4 Å². The summed E-state index contributed by atoms with van der Waals surface area (Å²) in [6.45, 7) is 1.50. The predicted octanol–water partition coefficient (Wildman–Crippen LogP) is 3.91. The number of anilines is 1. The average Bonchev–Trinajstić information content (AvgIpc) is 2.70. The van der Waals surface area contributed by atoms with Crippen molar-refractivity contribution in [2.45, 2.75) is 70.3 Å². The average molecular weight is 370 g/mol. The number of hydrogen-bond acceptors (Lipinski definition) is 3. The highest BCUT2D eigenvalue weighted by atomic mass is 16.5. The number of fused-ring (bicyclic) bond motifs is 2. The summed E-state index contributed by atoms with van der Waals surface area (Å²) < 4.78 is 5.86. The third-order valence-corrected chi connectivity index (χ3v) is 6.34. The minimum atomic E-state index is 0.0765. The summed E-state index contributed by atoms with van der Waals surface area (Å²) in [7, 11) is 0. The lowest BCUT2D eigenvalue weighted by atomic mass is 9.78. The van der Waals surface area contributed by atoms with E-state index < -0.39 is 0 Å². The molecule has 1 saturated carbocycles. The molecule has 2 aliphatic heterocycles. The highest BCUT2D eigenvalue weighted by Crippen LogP contribution is 2.35. The molecule has 0 spiro atoms. The van der Waals surface area contributed by atoms with Gasteiger partial charge >= 0.3 is 0 Å². The fraction of sp³-hybridized carbons (Fsp3) is 0.636. The fourth-order valence-electron chi connectivity index (χ4n) is 4.94. The monoisotopic (exact) mass is 370 g/mol. The lowest BCUT2D eigenvalue weighted by molar-refractivity contribution is -0.137. The Morgan fingerprint density at radius 1 is 1.15 bits per heavy atom. The smallest absolute Gasteiger partial charge is 0.224 e. The van der Waals surface area contributed by atoms with Crippen LogP contribution in [0, 0.1) is 5.92 Å². The van der Waals surface area contributed by atoms with Gasteiger partial charge in [-0.2, -0.15) is 0 Å². The van der Waals surface area contributed by atoms with Gasteiger partial charge in [0.2, 0.25) is 11.8 Å². The zero-order valence-electron chi connectivity index (χ0n) is 16.0. The summed E-state index contributed by atoms with van der Waals surface area (Å²) in [5.41, 5.74) is 2.01. The van der Waals surface area contributed by atoms with Crippen LogP contribution in [-0.2, 0) is 16.0 Å². The Bertz CT molecular complexity index is 701. The molecule has 2 heterocycles. The summed E-state index contributed by atoms with van der Waals surface area (Å²) in [4.78, 5) is 26.3. The number of hydrogen-bond donors (Lipinski definition) is 1. The van der Waals surface area contributed by atoms with Crippen LogP contribution in [0.15, 0.2) is 18.2 Å². The molecule has 2 atom stereocenters. The van der Waals surface area contributed by atoms with E-state index in [1.54, 1.807) is 0 Å². The minimum Gasteiger partial charge on any atom is -0.494 e. The van der Waals surface area contributed by atoms with Crippen LogP contribution < -0.4 is 10.1 Å². The van der Waals surface area contributed by atoms with Gasteiger partial charge in [0.15, 0.2) is 0 Å². The number of aryl methyl sites for hydroxylation is 1. The zero-order chi connectivity index (χ0) is 18.6. The summed E-state index contributed by atoms with van der Waals surface area (Å²) in [5.74, 6) is 1.95. The van der Waals surface area contributed by atoms with Crippen LogP contribution in [0.3, 0.4) is 0 Å². The second kappa shape index (κ2) is 8.32. The van der Waals surface area contributed by atoms with Gasteiger partial charge in [0.1, 0.15) is 5.75 Å². The molecule has 5 nitrogen and oxygen atoms in total. The standard InChI is InChI=1S/C22H30N2O3/c25-21-12-9-17-15-18(10-11-19(17)23-21)27-14-4-8-22(26)24-13-3-6-16-5-1-2-7-20(16)24/h10-11,15-16,20H,1-9,12-14H2,(H,23,25). The first-order chi connectivity index (χ1) is 13.2. The van der Waals surface area contributed by atoms with E-state index in [0.717, 1.165) is 48.7 Å². The molecule has 27 heavy (non-hydrogen) atoms. The summed E-state index contributed by atoms with van der Waals surface area (Å²) >= 11 is 0. The Labute approximate surface area is 161 Å². The number of nitrogens with one attached hydrogen (secondary N) is 1. The van der Waals surface area contributed by atoms with Gasteiger partial charge in [-0.25, -0.2) is 0 Å².